The zero-order chi connectivity index (χ0) is 55.1. The lowest BCUT2D eigenvalue weighted by atomic mass is 9.80. The number of oxime groups is 1. The molecule has 6 heterocycles. The molecule has 2 spiro atoms. The molecule has 6 amide bonds. The van der Waals surface area contributed by atoms with Crippen LogP contribution in [0.4, 0.5) is 22.7 Å². The van der Waals surface area contributed by atoms with E-state index >= 15 is 0 Å². The number of amides is 6. The number of nitrogens with one attached hydrogen (secondary N) is 6. The van der Waals surface area contributed by atoms with Crippen LogP contribution in [0.25, 0.3) is 31.5 Å². The van der Waals surface area contributed by atoms with Crippen molar-refractivity contribution < 1.29 is 34.0 Å². The molecule has 0 saturated carbocycles. The fourth-order valence-electron chi connectivity index (χ4n) is 11.5. The van der Waals surface area contributed by atoms with Crippen molar-refractivity contribution in [3.63, 3.8) is 0 Å². The summed E-state index contributed by atoms with van der Waals surface area (Å²) in [5.74, 6) is -1.87. The first kappa shape index (κ1) is 52.6. The van der Waals surface area contributed by atoms with E-state index in [9.17, 15) is 39.2 Å². The monoisotopic (exact) mass is 1030 g/mol. The number of carbonyl (C=O) groups is 6. The van der Waals surface area contributed by atoms with Crippen molar-refractivity contribution in [3.8, 4) is 6.07 Å². The predicted molar refractivity (Wildman–Crippen MR) is 290 cm³/mol. The molecule has 77 heavy (non-hydrogen) atoms. The van der Waals surface area contributed by atoms with E-state index in [2.05, 4.69) is 52.2 Å². The summed E-state index contributed by atoms with van der Waals surface area (Å²) in [5.41, 5.74) is 5.63. The first-order valence-corrected chi connectivity index (χ1v) is 25.5. The molecule has 0 bridgehead atoms. The number of hydrogen-bond acceptors (Lipinski definition) is 9. The van der Waals surface area contributed by atoms with Gasteiger partial charge in [-0.15, -0.1) is 0 Å². The Kier molecular flexibility index (Phi) is 14.2. The molecule has 10 rings (SSSR count). The predicted octanol–water partition coefficient (Wildman–Crippen LogP) is 8.31. The van der Waals surface area contributed by atoms with Gasteiger partial charge in [-0.05, 0) is 92.5 Å². The fourth-order valence-corrected chi connectivity index (χ4v) is 11.5. The first-order chi connectivity index (χ1) is 36.8. The van der Waals surface area contributed by atoms with Crippen molar-refractivity contribution in [2.45, 2.75) is 102 Å². The van der Waals surface area contributed by atoms with Gasteiger partial charge >= 0.3 is 0 Å². The van der Waals surface area contributed by atoms with E-state index in [0.717, 1.165) is 33.0 Å². The quantitative estimate of drug-likeness (QED) is 0.0287. The minimum Gasteiger partial charge on any atom is -0.411 e. The maximum Gasteiger partial charge on any atom is 0.268 e. The third kappa shape index (κ3) is 9.70. The van der Waals surface area contributed by atoms with Crippen molar-refractivity contribution in [1.82, 2.24) is 30.4 Å². The maximum absolute atomic E-state index is 14.0. The molecule has 7 N–H and O–H groups in total. The average Bonchev–Trinajstić information content (AvgIpc) is 4.36. The second kappa shape index (κ2) is 20.8. The van der Waals surface area contributed by atoms with Crippen molar-refractivity contribution >= 4 is 86.2 Å². The van der Waals surface area contributed by atoms with Crippen LogP contribution in [-0.4, -0.2) is 104 Å². The lowest BCUT2D eigenvalue weighted by molar-refractivity contribution is -0.134. The largest absolute Gasteiger partial charge is 0.411 e. The second-order valence-electron chi connectivity index (χ2n) is 21.3. The number of benzene rings is 4. The number of nitrogens with zero attached hydrogens (tertiary/aromatic N) is 6. The highest BCUT2D eigenvalue weighted by molar-refractivity contribution is 6.09. The van der Waals surface area contributed by atoms with Crippen molar-refractivity contribution in [2.75, 3.05) is 23.7 Å². The number of carbonyl (C=O) groups excluding carboxylic acids is 6. The van der Waals surface area contributed by atoms with E-state index < -0.39 is 46.8 Å². The number of fused-ring (bicyclic) bond motifs is 6. The average molecular weight is 1040 g/mol. The number of aryl methyl sites for hydroxylation is 2. The number of aromatic nitrogens is 2. The van der Waals surface area contributed by atoms with Crippen LogP contribution in [0.5, 0.6) is 0 Å². The summed E-state index contributed by atoms with van der Waals surface area (Å²) in [7, 11) is 0. The van der Waals surface area contributed by atoms with Crippen LogP contribution in [0.2, 0.25) is 0 Å². The number of likely N-dealkylation sites (tertiary alicyclic amines) is 2. The molecule has 0 aliphatic carbocycles. The van der Waals surface area contributed by atoms with Gasteiger partial charge in [-0.3, -0.25) is 28.8 Å². The number of anilines is 2. The summed E-state index contributed by atoms with van der Waals surface area (Å²) in [6, 6.07) is 24.1. The Hall–Kier alpha value is -9.28. The topological polar surface area (TPSA) is 254 Å². The number of H-pyrrole nitrogens is 2. The molecular formula is C58H58N12O7. The zero-order valence-electron chi connectivity index (χ0n) is 43.4. The Labute approximate surface area is 444 Å². The summed E-state index contributed by atoms with van der Waals surface area (Å²) < 4.78 is 0. The lowest BCUT2D eigenvalue weighted by Crippen LogP contribution is -2.51. The molecule has 19 nitrogen and oxygen atoms in total. The van der Waals surface area contributed by atoms with Crippen LogP contribution >= 0.6 is 0 Å². The third-order valence-corrected chi connectivity index (χ3v) is 15.2. The van der Waals surface area contributed by atoms with Gasteiger partial charge in [0.15, 0.2) is 11.4 Å². The van der Waals surface area contributed by atoms with Crippen LogP contribution < -0.4 is 21.3 Å². The maximum atomic E-state index is 14.0. The summed E-state index contributed by atoms with van der Waals surface area (Å²) in [5, 5.41) is 35.7. The fraction of sp³-hybridized carbons (Fsp3) is 0.345. The van der Waals surface area contributed by atoms with Gasteiger partial charge in [-0.1, -0.05) is 92.5 Å². The minimum atomic E-state index is -0.992. The molecule has 2 aromatic heterocycles. The van der Waals surface area contributed by atoms with Gasteiger partial charge in [-0.2, -0.15) is 5.26 Å². The molecule has 6 atom stereocenters. The normalized spacial score (nSPS) is 20.8. The molecule has 4 aromatic carbocycles. The SMILES string of the molecule is [C-]#[N+]c1cc(C)c2cc(C(=O)N[C@@H](CC(C)C)C(=O)N3C[C@]4(C[C@H]3C#N)C(=O)Nc3ccccc34)[nH]c2c1.[C-]#[N+]c1cc(C)c2cc(C(=O)N[C@@H](CC(C)C)C(=O)N3C[C@]4(C[C@H]3C=NO)C(=O)Nc3ccccc34)[nH]c2c1. The Morgan fingerprint density at radius 3 is 1.61 bits per heavy atom. The summed E-state index contributed by atoms with van der Waals surface area (Å²) >= 11 is 0. The first-order valence-electron chi connectivity index (χ1n) is 25.5. The van der Waals surface area contributed by atoms with Gasteiger partial charge in [0.2, 0.25) is 23.6 Å². The standard InChI is InChI=1S/C29H30N6O4.C29H28N6O3/c1-16(2)9-25(33-26(36)24-12-20-17(3)10-18(30-4)11-23(20)32-24)27(37)35-15-29(13-19(35)14-31-39)21-7-5-6-8-22(21)34-28(29)38;1-16(2)9-25(33-26(36)24-12-20-17(3)10-18(31-4)11-23(20)32-24)27(37)35-15-29(13-19(35)14-30)21-7-5-6-8-22(21)34-28(29)38/h5-8,10-12,14,16,19,25,32,39H,9,13,15H2,1-3H3,(H,33,36)(H,34,38);5-8,10-12,16,19,25,32H,9,13,15H2,1-3H3,(H,33,36)(H,34,38)/t2*19-,25-,29-/m00/s1. The number of aromatic amines is 2. The Bertz CT molecular complexity index is 3570. The highest BCUT2D eigenvalue weighted by Gasteiger charge is 2.58. The van der Waals surface area contributed by atoms with Crippen LogP contribution in [0.3, 0.4) is 0 Å². The van der Waals surface area contributed by atoms with Crippen molar-refractivity contribution in [1.29, 1.82) is 5.26 Å². The number of rotatable bonds is 11. The second-order valence-corrected chi connectivity index (χ2v) is 21.3. The van der Waals surface area contributed by atoms with Gasteiger partial charge in [0.25, 0.3) is 11.8 Å². The molecule has 6 aromatic rings. The molecule has 0 radical (unpaired) electrons. The Morgan fingerprint density at radius 2 is 1.17 bits per heavy atom. The minimum absolute atomic E-state index is 0.0718. The van der Waals surface area contributed by atoms with E-state index in [1.807, 2.05) is 90.1 Å². The number of para-hydroxylation sites is 2. The highest BCUT2D eigenvalue weighted by Crippen LogP contribution is 2.48. The van der Waals surface area contributed by atoms with Crippen LogP contribution in [0.1, 0.15) is 96.6 Å². The van der Waals surface area contributed by atoms with Gasteiger partial charge < -0.3 is 46.2 Å². The third-order valence-electron chi connectivity index (χ3n) is 15.2. The summed E-state index contributed by atoms with van der Waals surface area (Å²) in [4.78, 5) is 96.9. The van der Waals surface area contributed by atoms with Crippen LogP contribution in [0.15, 0.2) is 90.1 Å². The molecule has 2 fully saturated rings. The van der Waals surface area contributed by atoms with Crippen molar-refractivity contribution in [3.05, 3.63) is 141 Å². The molecule has 19 heteroatoms. The molecular weight excluding hydrogens is 977 g/mol. The van der Waals surface area contributed by atoms with E-state index in [1.165, 1.54) is 16.0 Å². The van der Waals surface area contributed by atoms with E-state index in [0.29, 0.717) is 46.6 Å². The van der Waals surface area contributed by atoms with Gasteiger partial charge in [0.05, 0.1) is 42.3 Å². The number of hydrogen-bond donors (Lipinski definition) is 7. The smallest absolute Gasteiger partial charge is 0.268 e. The molecule has 2 saturated heterocycles. The lowest BCUT2D eigenvalue weighted by Gasteiger charge is -2.29. The summed E-state index contributed by atoms with van der Waals surface area (Å²) in [6.45, 7) is 26.3. The number of nitriles is 1. The zero-order valence-corrected chi connectivity index (χ0v) is 43.4. The highest BCUT2D eigenvalue weighted by atomic mass is 16.4. The van der Waals surface area contributed by atoms with Gasteiger partial charge in [-0.25, -0.2) is 9.69 Å². The van der Waals surface area contributed by atoms with E-state index in [1.54, 1.807) is 36.4 Å². The van der Waals surface area contributed by atoms with E-state index in [-0.39, 0.29) is 72.8 Å². The molecule has 4 aliphatic rings. The van der Waals surface area contributed by atoms with Crippen LogP contribution in [0, 0.1) is 50.2 Å². The van der Waals surface area contributed by atoms with Crippen molar-refractivity contribution in [2.24, 2.45) is 17.0 Å². The van der Waals surface area contributed by atoms with Crippen LogP contribution in [-0.2, 0) is 30.0 Å². The van der Waals surface area contributed by atoms with E-state index in [4.69, 9.17) is 13.1 Å². The molecule has 0 unspecified atom stereocenters. The van der Waals surface area contributed by atoms with Gasteiger partial charge in [0.1, 0.15) is 29.5 Å². The summed E-state index contributed by atoms with van der Waals surface area (Å²) in [6.07, 6.45) is 2.48. The Morgan fingerprint density at radius 1 is 0.727 bits per heavy atom. The molecule has 4 aliphatic heterocycles. The van der Waals surface area contributed by atoms with Gasteiger partial charge in [0, 0.05) is 52.7 Å². The Balaban J connectivity index is 0.000000188. The molecule has 392 valence electrons.